The number of hydrogen-bond donors (Lipinski definition) is 0. The average Bonchev–Trinajstić information content (AvgIpc) is 3.05. The second kappa shape index (κ2) is 6.29. The zero-order chi connectivity index (χ0) is 17.3. The molecule has 3 rings (SSSR count). The second-order valence-corrected chi connectivity index (χ2v) is 5.33. The van der Waals surface area contributed by atoms with Gasteiger partial charge in [0.05, 0.1) is 19.0 Å². The Labute approximate surface area is 142 Å². The van der Waals surface area contributed by atoms with Crippen LogP contribution < -0.4 is 4.42 Å². The maximum atomic E-state index is 12.7. The number of anilines is 1. The first-order chi connectivity index (χ1) is 11.5. The smallest absolute Gasteiger partial charge is 0.356 e. The van der Waals surface area contributed by atoms with Crippen LogP contribution in [0.2, 0.25) is 0 Å². The fourth-order valence-corrected chi connectivity index (χ4v) is 2.46. The fourth-order valence-electron chi connectivity index (χ4n) is 2.25. The number of para-hydroxylation sites is 1. The summed E-state index contributed by atoms with van der Waals surface area (Å²) in [4.78, 5) is 28.6. The molecule has 0 spiro atoms. The zero-order valence-corrected chi connectivity index (χ0v) is 13.7. The van der Waals surface area contributed by atoms with Gasteiger partial charge in [0, 0.05) is 17.5 Å². The van der Waals surface area contributed by atoms with Crippen LogP contribution in [0.5, 0.6) is 0 Å². The number of methoxy groups -OCH3 is 1. The molecule has 0 saturated carbocycles. The van der Waals surface area contributed by atoms with Crippen LogP contribution >= 0.6 is 11.8 Å². The molecule has 24 heavy (non-hydrogen) atoms. The molecule has 0 bridgehead atoms. The van der Waals surface area contributed by atoms with Gasteiger partial charge in [-0.05, 0) is 25.1 Å². The fraction of sp³-hybridized carbons (Fsp3) is 0.125. The van der Waals surface area contributed by atoms with Crippen LogP contribution in [0.25, 0.3) is 5.65 Å². The first-order valence-corrected chi connectivity index (χ1v) is 7.35. The van der Waals surface area contributed by atoms with Crippen molar-refractivity contribution in [3.05, 3.63) is 59.5 Å². The van der Waals surface area contributed by atoms with Crippen molar-refractivity contribution < 1.29 is 14.3 Å². The Morgan fingerprint density at radius 3 is 2.62 bits per heavy atom. The molecule has 122 valence electrons. The van der Waals surface area contributed by atoms with E-state index in [1.807, 2.05) is 6.07 Å². The summed E-state index contributed by atoms with van der Waals surface area (Å²) >= 11 is 6.15. The topological polar surface area (TPSA) is 76.8 Å². The molecule has 1 aromatic carbocycles. The summed E-state index contributed by atoms with van der Waals surface area (Å²) in [6.45, 7) is 1.75. The van der Waals surface area contributed by atoms with Crippen LogP contribution in [0, 0.1) is 6.92 Å². The Kier molecular flexibility index (Phi) is 4.18. The number of amides is 1. The first-order valence-electron chi connectivity index (χ1n) is 7.02. The first kappa shape index (κ1) is 15.9. The molecule has 0 radical (unpaired) electrons. The van der Waals surface area contributed by atoms with E-state index in [-0.39, 0.29) is 16.9 Å². The van der Waals surface area contributed by atoms with Gasteiger partial charge in [0.1, 0.15) is 5.56 Å². The summed E-state index contributed by atoms with van der Waals surface area (Å²) in [5.74, 6) is -1.09. The van der Waals surface area contributed by atoms with Crippen molar-refractivity contribution in [1.82, 2.24) is 14.6 Å². The number of aryl methyl sites for hydroxylation is 1. The van der Waals surface area contributed by atoms with Gasteiger partial charge < -0.3 is 4.74 Å². The van der Waals surface area contributed by atoms with Crippen molar-refractivity contribution in [3.8, 4) is 0 Å². The Balaban J connectivity index is 2.08. The van der Waals surface area contributed by atoms with Gasteiger partial charge >= 0.3 is 5.97 Å². The normalized spacial score (nSPS) is 10.6. The molecule has 8 heteroatoms. The summed E-state index contributed by atoms with van der Waals surface area (Å²) in [7, 11) is 1.27. The summed E-state index contributed by atoms with van der Waals surface area (Å²) in [6.07, 6.45) is 1.37. The molecule has 0 N–H and O–H groups in total. The lowest BCUT2D eigenvalue weighted by molar-refractivity contribution is 0.0593. The number of fused-ring (bicyclic) bond motifs is 1. The highest BCUT2D eigenvalue weighted by molar-refractivity contribution is 6.39. The van der Waals surface area contributed by atoms with Crippen LogP contribution in [0.15, 0.2) is 42.6 Å². The number of aromatic nitrogens is 3. The number of nitrogens with zero attached hydrogens (tertiary/aromatic N) is 4. The molecule has 0 atom stereocenters. The van der Waals surface area contributed by atoms with E-state index in [0.717, 1.165) is 4.42 Å². The summed E-state index contributed by atoms with van der Waals surface area (Å²) < 4.78 is 7.13. The van der Waals surface area contributed by atoms with Crippen molar-refractivity contribution in [3.63, 3.8) is 0 Å². The summed E-state index contributed by atoms with van der Waals surface area (Å²) in [5.41, 5.74) is 1.67. The number of ether oxygens (including phenoxy) is 1. The molecule has 0 unspecified atom stereocenters. The molecule has 0 fully saturated rings. The third kappa shape index (κ3) is 2.69. The number of rotatable bonds is 3. The van der Waals surface area contributed by atoms with E-state index in [1.165, 1.54) is 23.9 Å². The van der Waals surface area contributed by atoms with E-state index in [4.69, 9.17) is 11.8 Å². The van der Waals surface area contributed by atoms with Gasteiger partial charge in [0.25, 0.3) is 5.91 Å². The molecular weight excluding hydrogens is 332 g/mol. The molecular formula is C16H13ClN4O3. The van der Waals surface area contributed by atoms with Crippen LogP contribution in [-0.2, 0) is 4.74 Å². The van der Waals surface area contributed by atoms with E-state index in [0.29, 0.717) is 11.4 Å². The minimum absolute atomic E-state index is 0.0953. The molecule has 3 aromatic rings. The third-order valence-electron chi connectivity index (χ3n) is 3.44. The maximum Gasteiger partial charge on any atom is 0.356 e. The Morgan fingerprint density at radius 1 is 1.25 bits per heavy atom. The molecule has 2 aromatic heterocycles. The summed E-state index contributed by atoms with van der Waals surface area (Å²) in [6, 6.07) is 10.3. The van der Waals surface area contributed by atoms with Gasteiger partial charge in [0.2, 0.25) is 0 Å². The van der Waals surface area contributed by atoms with Crippen LogP contribution in [0.3, 0.4) is 0 Å². The Morgan fingerprint density at radius 2 is 1.96 bits per heavy atom. The lowest BCUT2D eigenvalue weighted by Crippen LogP contribution is -2.21. The molecule has 1 amide bonds. The van der Waals surface area contributed by atoms with Crippen LogP contribution in [-0.4, -0.2) is 33.6 Å². The number of carbonyl (C=O) groups is 2. The predicted octanol–water partition coefficient (Wildman–Crippen LogP) is 2.62. The van der Waals surface area contributed by atoms with E-state index >= 15 is 0 Å². The van der Waals surface area contributed by atoms with Crippen molar-refractivity contribution >= 4 is 35.0 Å². The van der Waals surface area contributed by atoms with E-state index in [9.17, 15) is 9.59 Å². The highest BCUT2D eigenvalue weighted by Crippen LogP contribution is 2.21. The number of carbonyl (C=O) groups excluding carboxylic acids is 2. The van der Waals surface area contributed by atoms with Crippen LogP contribution in [0.1, 0.15) is 26.5 Å². The standard InChI is InChI=1S/C16H13ClN4O3/c1-10-8-13(16(23)24-2)19-14-12(9-18-21(10)14)15(22)20(17)11-6-4-3-5-7-11/h3-9H,1-2H3. The molecule has 0 aliphatic heterocycles. The Bertz CT molecular complexity index is 924. The van der Waals surface area contributed by atoms with Gasteiger partial charge in [-0.1, -0.05) is 18.2 Å². The minimum Gasteiger partial charge on any atom is -0.464 e. The Hall–Kier alpha value is -2.93. The van der Waals surface area contributed by atoms with Crippen molar-refractivity contribution in [2.75, 3.05) is 11.5 Å². The van der Waals surface area contributed by atoms with E-state index in [2.05, 4.69) is 14.8 Å². The summed E-state index contributed by atoms with van der Waals surface area (Å²) in [5, 5.41) is 4.14. The van der Waals surface area contributed by atoms with Gasteiger partial charge in [-0.2, -0.15) is 5.10 Å². The number of halogens is 1. The molecule has 0 aliphatic rings. The molecule has 0 aliphatic carbocycles. The number of esters is 1. The maximum absolute atomic E-state index is 12.7. The van der Waals surface area contributed by atoms with Crippen molar-refractivity contribution in [2.45, 2.75) is 6.92 Å². The van der Waals surface area contributed by atoms with Gasteiger partial charge in [-0.3, -0.25) is 4.79 Å². The van der Waals surface area contributed by atoms with Crippen molar-refractivity contribution in [2.24, 2.45) is 0 Å². The monoisotopic (exact) mass is 344 g/mol. The SMILES string of the molecule is COC(=O)c1cc(C)n2ncc(C(=O)N(Cl)c3ccccc3)c2n1. The van der Waals surface area contributed by atoms with Gasteiger partial charge in [-0.15, -0.1) is 0 Å². The molecule has 2 heterocycles. The largest absolute Gasteiger partial charge is 0.464 e. The number of hydrogen-bond acceptors (Lipinski definition) is 5. The lowest BCUT2D eigenvalue weighted by atomic mass is 10.2. The highest BCUT2D eigenvalue weighted by atomic mass is 35.5. The predicted molar refractivity (Wildman–Crippen MR) is 88.2 cm³/mol. The molecule has 7 nitrogen and oxygen atoms in total. The van der Waals surface area contributed by atoms with Crippen LogP contribution in [0.4, 0.5) is 5.69 Å². The number of benzene rings is 1. The van der Waals surface area contributed by atoms with Crippen molar-refractivity contribution in [1.29, 1.82) is 0 Å². The second-order valence-electron chi connectivity index (χ2n) is 4.99. The highest BCUT2D eigenvalue weighted by Gasteiger charge is 2.23. The van der Waals surface area contributed by atoms with Gasteiger partial charge in [0.15, 0.2) is 11.3 Å². The average molecular weight is 345 g/mol. The lowest BCUT2D eigenvalue weighted by Gasteiger charge is -2.12. The van der Waals surface area contributed by atoms with E-state index < -0.39 is 11.9 Å². The zero-order valence-electron chi connectivity index (χ0n) is 12.9. The minimum atomic E-state index is -0.592. The van der Waals surface area contributed by atoms with Gasteiger partial charge in [-0.25, -0.2) is 18.7 Å². The quantitative estimate of drug-likeness (QED) is 0.539. The van der Waals surface area contributed by atoms with E-state index in [1.54, 1.807) is 31.2 Å². The third-order valence-corrected chi connectivity index (χ3v) is 3.78. The molecule has 0 saturated heterocycles.